The van der Waals surface area contributed by atoms with E-state index in [9.17, 15) is 4.79 Å². The van der Waals surface area contributed by atoms with Crippen LogP contribution >= 0.6 is 11.8 Å². The fourth-order valence-electron chi connectivity index (χ4n) is 3.04. The molecule has 0 radical (unpaired) electrons. The first-order valence-electron chi connectivity index (χ1n) is 6.99. The van der Waals surface area contributed by atoms with Crippen molar-refractivity contribution < 1.29 is 4.79 Å². The summed E-state index contributed by atoms with van der Waals surface area (Å²) >= 11 is 1.74. The summed E-state index contributed by atoms with van der Waals surface area (Å²) in [6.07, 6.45) is 7.62. The van der Waals surface area contributed by atoms with Crippen molar-refractivity contribution in [3.63, 3.8) is 0 Å². The second kappa shape index (κ2) is 6.78. The molecule has 0 bridgehead atoms. The molecule has 2 saturated heterocycles. The first-order chi connectivity index (χ1) is 8.70. The monoisotopic (exact) mass is 271 g/mol. The van der Waals surface area contributed by atoms with Gasteiger partial charge in [-0.15, -0.1) is 0 Å². The van der Waals surface area contributed by atoms with Crippen molar-refractivity contribution in [3.8, 4) is 0 Å². The second-order valence-corrected chi connectivity index (χ2v) is 6.44. The Morgan fingerprint density at radius 3 is 3.11 bits per heavy atom. The van der Waals surface area contributed by atoms with Crippen LogP contribution in [0.15, 0.2) is 0 Å². The highest BCUT2D eigenvalue weighted by molar-refractivity contribution is 7.98. The van der Waals surface area contributed by atoms with Gasteiger partial charge in [0.2, 0.25) is 5.91 Å². The number of amides is 1. The maximum atomic E-state index is 12.0. The molecule has 104 valence electrons. The highest BCUT2D eigenvalue weighted by atomic mass is 32.2. The summed E-state index contributed by atoms with van der Waals surface area (Å²) in [5.41, 5.74) is 5.89. The van der Waals surface area contributed by atoms with Crippen molar-refractivity contribution in [2.24, 2.45) is 5.73 Å². The van der Waals surface area contributed by atoms with Gasteiger partial charge in [-0.25, -0.2) is 0 Å². The van der Waals surface area contributed by atoms with E-state index in [4.69, 9.17) is 5.73 Å². The lowest BCUT2D eigenvalue weighted by molar-refractivity contribution is -0.123. The average Bonchev–Trinajstić information content (AvgIpc) is 2.83. The molecule has 3 N–H and O–H groups in total. The largest absolute Gasteiger partial charge is 0.352 e. The van der Waals surface area contributed by atoms with Crippen molar-refractivity contribution in [1.82, 2.24) is 10.2 Å². The van der Waals surface area contributed by atoms with Gasteiger partial charge in [0.15, 0.2) is 0 Å². The average molecular weight is 271 g/mol. The van der Waals surface area contributed by atoms with E-state index in [-0.39, 0.29) is 11.9 Å². The lowest BCUT2D eigenvalue weighted by Gasteiger charge is -2.35. The number of piperidine rings is 1. The van der Waals surface area contributed by atoms with Crippen LogP contribution in [0.25, 0.3) is 0 Å². The Balaban J connectivity index is 1.74. The fraction of sp³-hybridized carbons (Fsp3) is 0.923. The van der Waals surface area contributed by atoms with Crippen molar-refractivity contribution in [2.75, 3.05) is 25.1 Å². The van der Waals surface area contributed by atoms with Gasteiger partial charge in [-0.3, -0.25) is 4.79 Å². The number of hydrogen-bond donors (Lipinski definition) is 2. The molecule has 0 aromatic carbocycles. The minimum atomic E-state index is -0.334. The number of thioether (sulfide) groups is 1. The molecular formula is C13H25N3OS. The van der Waals surface area contributed by atoms with Crippen LogP contribution < -0.4 is 11.1 Å². The summed E-state index contributed by atoms with van der Waals surface area (Å²) in [5.74, 6) is 0.996. The van der Waals surface area contributed by atoms with Crippen LogP contribution in [0, 0.1) is 0 Å². The number of fused-ring (bicyclic) bond motifs is 1. The van der Waals surface area contributed by atoms with Crippen molar-refractivity contribution >= 4 is 17.7 Å². The molecule has 3 atom stereocenters. The standard InChI is InChI=1S/C13H25N3OS/c1-18-8-5-12(14)13(17)15-10-4-7-16-6-2-3-11(16)9-10/h10-12H,2-9,14H2,1H3,(H,15,17)/t10?,11?,12-/m1/s1. The molecule has 2 aliphatic heterocycles. The molecule has 2 rings (SSSR count). The maximum absolute atomic E-state index is 12.0. The van der Waals surface area contributed by atoms with Gasteiger partial charge in [0, 0.05) is 18.6 Å². The summed E-state index contributed by atoms with van der Waals surface area (Å²) in [5, 5.41) is 3.14. The van der Waals surface area contributed by atoms with Crippen molar-refractivity contribution in [3.05, 3.63) is 0 Å². The van der Waals surface area contributed by atoms with Gasteiger partial charge in [-0.05, 0) is 50.7 Å². The molecule has 0 aliphatic carbocycles. The van der Waals surface area contributed by atoms with E-state index < -0.39 is 0 Å². The molecule has 2 fully saturated rings. The predicted octanol–water partition coefficient (Wildman–Crippen LogP) is 0.810. The summed E-state index contributed by atoms with van der Waals surface area (Å²) in [7, 11) is 0. The van der Waals surface area contributed by atoms with Gasteiger partial charge in [0.25, 0.3) is 0 Å². The van der Waals surface area contributed by atoms with Gasteiger partial charge >= 0.3 is 0 Å². The summed E-state index contributed by atoms with van der Waals surface area (Å²) in [6, 6.07) is 0.711. The third kappa shape index (κ3) is 3.62. The Bertz CT molecular complexity index is 287. The molecule has 18 heavy (non-hydrogen) atoms. The van der Waals surface area contributed by atoms with Crippen LogP contribution in [0.2, 0.25) is 0 Å². The first-order valence-corrected chi connectivity index (χ1v) is 8.39. The third-order valence-electron chi connectivity index (χ3n) is 4.14. The molecule has 0 aromatic heterocycles. The normalized spacial score (nSPS) is 29.9. The molecule has 2 unspecified atom stereocenters. The third-order valence-corrected chi connectivity index (χ3v) is 4.78. The molecule has 2 heterocycles. The van der Waals surface area contributed by atoms with Crippen molar-refractivity contribution in [2.45, 2.75) is 50.2 Å². The van der Waals surface area contributed by atoms with Gasteiger partial charge < -0.3 is 16.0 Å². The van der Waals surface area contributed by atoms with E-state index in [1.54, 1.807) is 11.8 Å². The molecule has 2 aliphatic rings. The van der Waals surface area contributed by atoms with E-state index >= 15 is 0 Å². The van der Waals surface area contributed by atoms with Crippen LogP contribution in [-0.2, 0) is 4.79 Å². The second-order valence-electron chi connectivity index (χ2n) is 5.45. The Labute approximate surface area is 114 Å². The zero-order valence-electron chi connectivity index (χ0n) is 11.2. The number of hydrogen-bond acceptors (Lipinski definition) is 4. The molecule has 1 amide bonds. The van der Waals surface area contributed by atoms with E-state index in [2.05, 4.69) is 10.2 Å². The summed E-state index contributed by atoms with van der Waals surface area (Å²) < 4.78 is 0. The van der Waals surface area contributed by atoms with Crippen LogP contribution in [0.3, 0.4) is 0 Å². The fourth-order valence-corrected chi connectivity index (χ4v) is 3.53. The Morgan fingerprint density at radius 2 is 2.33 bits per heavy atom. The van der Waals surface area contributed by atoms with E-state index in [0.29, 0.717) is 12.1 Å². The Morgan fingerprint density at radius 1 is 1.50 bits per heavy atom. The highest BCUT2D eigenvalue weighted by Gasteiger charge is 2.32. The molecule has 4 nitrogen and oxygen atoms in total. The highest BCUT2D eigenvalue weighted by Crippen LogP contribution is 2.26. The van der Waals surface area contributed by atoms with Crippen LogP contribution in [0.4, 0.5) is 0 Å². The van der Waals surface area contributed by atoms with Gasteiger partial charge in [0.05, 0.1) is 6.04 Å². The minimum Gasteiger partial charge on any atom is -0.352 e. The number of carbonyl (C=O) groups is 1. The van der Waals surface area contributed by atoms with E-state index in [1.165, 1.54) is 19.4 Å². The number of nitrogens with zero attached hydrogens (tertiary/aromatic N) is 1. The molecule has 0 saturated carbocycles. The minimum absolute atomic E-state index is 0.0421. The van der Waals surface area contributed by atoms with E-state index in [0.717, 1.165) is 31.6 Å². The first kappa shape index (κ1) is 14.2. The zero-order valence-corrected chi connectivity index (χ0v) is 12.0. The van der Waals surface area contributed by atoms with E-state index in [1.807, 2.05) is 6.26 Å². The van der Waals surface area contributed by atoms with Crippen LogP contribution in [-0.4, -0.2) is 54.0 Å². The smallest absolute Gasteiger partial charge is 0.237 e. The molecule has 0 aromatic rings. The Kier molecular flexibility index (Phi) is 5.33. The number of nitrogens with one attached hydrogen (secondary N) is 1. The van der Waals surface area contributed by atoms with Crippen molar-refractivity contribution in [1.29, 1.82) is 0 Å². The SMILES string of the molecule is CSCC[C@@H](N)C(=O)NC1CCN2CCCC2C1. The number of rotatable bonds is 5. The molecular weight excluding hydrogens is 246 g/mol. The van der Waals surface area contributed by atoms with Gasteiger partial charge in [0.1, 0.15) is 0 Å². The Hall–Kier alpha value is -0.260. The topological polar surface area (TPSA) is 58.4 Å². The quantitative estimate of drug-likeness (QED) is 0.777. The lowest BCUT2D eigenvalue weighted by Crippen LogP contribution is -2.51. The number of nitrogens with two attached hydrogens (primary N) is 1. The van der Waals surface area contributed by atoms with Gasteiger partial charge in [-0.1, -0.05) is 0 Å². The molecule has 0 spiro atoms. The molecule has 5 heteroatoms. The summed E-state index contributed by atoms with van der Waals surface area (Å²) in [6.45, 7) is 2.38. The van der Waals surface area contributed by atoms with Crippen LogP contribution in [0.1, 0.15) is 32.1 Å². The van der Waals surface area contributed by atoms with Gasteiger partial charge in [-0.2, -0.15) is 11.8 Å². The predicted molar refractivity (Wildman–Crippen MR) is 76.7 cm³/mol. The summed E-state index contributed by atoms with van der Waals surface area (Å²) in [4.78, 5) is 14.5. The van der Waals surface area contributed by atoms with Crippen LogP contribution in [0.5, 0.6) is 0 Å². The lowest BCUT2D eigenvalue weighted by atomic mass is 9.97. The maximum Gasteiger partial charge on any atom is 0.237 e. The number of carbonyl (C=O) groups excluding carboxylic acids is 1. The zero-order chi connectivity index (χ0) is 13.0.